The summed E-state index contributed by atoms with van der Waals surface area (Å²) in [7, 11) is 0. The first-order valence-corrected chi connectivity index (χ1v) is 7.55. The van der Waals surface area contributed by atoms with Crippen LogP contribution in [0.4, 0.5) is 13.6 Å². The second-order valence-electron chi connectivity index (χ2n) is 6.87. The minimum absolute atomic E-state index is 0.157. The van der Waals surface area contributed by atoms with Gasteiger partial charge in [0.15, 0.2) is 0 Å². The molecule has 1 aromatic rings. The van der Waals surface area contributed by atoms with Gasteiger partial charge in [0.25, 0.3) is 6.43 Å². The summed E-state index contributed by atoms with van der Waals surface area (Å²) < 4.78 is 31.9. The maximum Gasteiger partial charge on any atom is 0.410 e. The first kappa shape index (κ1) is 15.2. The van der Waals surface area contributed by atoms with Crippen molar-refractivity contribution in [2.75, 3.05) is 0 Å². The van der Waals surface area contributed by atoms with Crippen LogP contribution in [0.15, 0.2) is 0 Å². The maximum absolute atomic E-state index is 13.3. The van der Waals surface area contributed by atoms with Crippen LogP contribution in [0, 0.1) is 0 Å². The molecule has 0 saturated carbocycles. The zero-order chi connectivity index (χ0) is 16.1. The van der Waals surface area contributed by atoms with Gasteiger partial charge < -0.3 is 4.74 Å². The standard InChI is InChI=1S/C16H20F2N2O2/c1-16(2,3)22-15(21)20-7-10-9-5-4-6-12(9)19-13(14(17)18)11(10)8-20/h14H,4-8H2,1-3H3. The van der Waals surface area contributed by atoms with E-state index in [1.807, 2.05) is 0 Å². The van der Waals surface area contributed by atoms with Gasteiger partial charge in [0.1, 0.15) is 11.3 Å². The van der Waals surface area contributed by atoms with Crippen molar-refractivity contribution < 1.29 is 18.3 Å². The summed E-state index contributed by atoms with van der Waals surface area (Å²) in [5.74, 6) is 0. The fraction of sp³-hybridized carbons (Fsp3) is 0.625. The van der Waals surface area contributed by atoms with Gasteiger partial charge in [-0.05, 0) is 51.2 Å². The highest BCUT2D eigenvalue weighted by atomic mass is 19.3. The molecule has 0 atom stereocenters. The van der Waals surface area contributed by atoms with Crippen LogP contribution in [0.2, 0.25) is 0 Å². The lowest BCUT2D eigenvalue weighted by molar-refractivity contribution is 0.0240. The summed E-state index contributed by atoms with van der Waals surface area (Å²) >= 11 is 0. The van der Waals surface area contributed by atoms with Crippen LogP contribution >= 0.6 is 0 Å². The maximum atomic E-state index is 13.3. The molecule has 1 aliphatic heterocycles. The Morgan fingerprint density at radius 2 is 1.86 bits per heavy atom. The predicted octanol–water partition coefficient (Wildman–Crippen LogP) is 3.76. The Hall–Kier alpha value is -1.72. The molecule has 22 heavy (non-hydrogen) atoms. The number of ether oxygens (including phenoxy) is 1. The minimum Gasteiger partial charge on any atom is -0.444 e. The normalized spacial score (nSPS) is 16.9. The quantitative estimate of drug-likeness (QED) is 0.793. The van der Waals surface area contributed by atoms with Crippen LogP contribution in [-0.2, 0) is 30.7 Å². The van der Waals surface area contributed by atoms with Crippen LogP contribution < -0.4 is 0 Å². The van der Waals surface area contributed by atoms with Gasteiger partial charge in [-0.1, -0.05) is 0 Å². The topological polar surface area (TPSA) is 42.4 Å². The summed E-state index contributed by atoms with van der Waals surface area (Å²) in [6.45, 7) is 5.87. The third kappa shape index (κ3) is 2.66. The highest BCUT2D eigenvalue weighted by molar-refractivity contribution is 5.70. The number of fused-ring (bicyclic) bond motifs is 3. The lowest BCUT2D eigenvalue weighted by Crippen LogP contribution is -2.33. The van der Waals surface area contributed by atoms with Crippen molar-refractivity contribution in [3.8, 4) is 0 Å². The minimum atomic E-state index is -2.61. The number of alkyl halides is 2. The summed E-state index contributed by atoms with van der Waals surface area (Å²) in [4.78, 5) is 17.9. The van der Waals surface area contributed by atoms with E-state index in [2.05, 4.69) is 4.98 Å². The van der Waals surface area contributed by atoms with E-state index in [4.69, 9.17) is 4.74 Å². The largest absolute Gasteiger partial charge is 0.444 e. The SMILES string of the molecule is CC(C)(C)OC(=O)N1Cc2c(C(F)F)nc3c(c2C1)CCC3. The molecule has 0 aromatic carbocycles. The summed E-state index contributed by atoms with van der Waals surface area (Å²) in [6, 6.07) is 0. The molecule has 0 spiro atoms. The number of pyridine rings is 1. The van der Waals surface area contributed by atoms with E-state index in [1.165, 1.54) is 4.90 Å². The second kappa shape index (κ2) is 5.18. The van der Waals surface area contributed by atoms with Crippen molar-refractivity contribution in [2.24, 2.45) is 0 Å². The third-order valence-electron chi connectivity index (χ3n) is 4.04. The molecule has 1 amide bonds. The molecule has 0 N–H and O–H groups in total. The van der Waals surface area contributed by atoms with E-state index in [0.29, 0.717) is 12.1 Å². The predicted molar refractivity (Wildman–Crippen MR) is 76.7 cm³/mol. The van der Waals surface area contributed by atoms with Crippen LogP contribution in [0.5, 0.6) is 0 Å². The van der Waals surface area contributed by atoms with Gasteiger partial charge in [0, 0.05) is 11.3 Å². The zero-order valence-electron chi connectivity index (χ0n) is 13.1. The molecule has 6 heteroatoms. The van der Waals surface area contributed by atoms with Crippen molar-refractivity contribution in [3.63, 3.8) is 0 Å². The van der Waals surface area contributed by atoms with E-state index in [0.717, 1.165) is 36.1 Å². The number of aromatic nitrogens is 1. The Morgan fingerprint density at radius 1 is 1.18 bits per heavy atom. The Morgan fingerprint density at radius 3 is 2.50 bits per heavy atom. The highest BCUT2D eigenvalue weighted by Gasteiger charge is 2.35. The van der Waals surface area contributed by atoms with E-state index < -0.39 is 18.1 Å². The van der Waals surface area contributed by atoms with Crippen LogP contribution in [0.1, 0.15) is 61.7 Å². The van der Waals surface area contributed by atoms with Crippen LogP contribution in [-0.4, -0.2) is 21.6 Å². The third-order valence-corrected chi connectivity index (χ3v) is 4.04. The molecule has 0 radical (unpaired) electrons. The molecule has 2 heterocycles. The molecule has 4 nitrogen and oxygen atoms in total. The second-order valence-corrected chi connectivity index (χ2v) is 6.87. The van der Waals surface area contributed by atoms with E-state index >= 15 is 0 Å². The molecule has 2 aliphatic rings. The van der Waals surface area contributed by atoms with Crippen molar-refractivity contribution in [2.45, 2.75) is 65.1 Å². The monoisotopic (exact) mass is 310 g/mol. The van der Waals surface area contributed by atoms with Crippen LogP contribution in [0.25, 0.3) is 0 Å². The Labute approximate surface area is 128 Å². The molecular formula is C16H20F2N2O2. The fourth-order valence-corrected chi connectivity index (χ4v) is 3.17. The van der Waals surface area contributed by atoms with Crippen molar-refractivity contribution in [1.29, 1.82) is 0 Å². The van der Waals surface area contributed by atoms with Gasteiger partial charge in [-0.2, -0.15) is 0 Å². The van der Waals surface area contributed by atoms with E-state index in [1.54, 1.807) is 20.8 Å². The average Bonchev–Trinajstić information content (AvgIpc) is 3.01. The first-order valence-electron chi connectivity index (χ1n) is 7.55. The van der Waals surface area contributed by atoms with Crippen molar-refractivity contribution in [1.82, 2.24) is 9.88 Å². The number of halogens is 2. The molecule has 0 bridgehead atoms. The molecule has 1 aliphatic carbocycles. The molecule has 0 saturated heterocycles. The molecule has 0 fully saturated rings. The lowest BCUT2D eigenvalue weighted by Gasteiger charge is -2.24. The first-order chi connectivity index (χ1) is 10.3. The van der Waals surface area contributed by atoms with Gasteiger partial charge >= 0.3 is 6.09 Å². The Balaban J connectivity index is 1.92. The molecule has 0 unspecified atom stereocenters. The number of aryl methyl sites for hydroxylation is 1. The number of rotatable bonds is 1. The number of amides is 1. The van der Waals surface area contributed by atoms with Crippen molar-refractivity contribution >= 4 is 6.09 Å². The average molecular weight is 310 g/mol. The summed E-state index contributed by atoms with van der Waals surface area (Å²) in [6.07, 6.45) is -0.534. The molecule has 120 valence electrons. The number of nitrogens with zero attached hydrogens (tertiary/aromatic N) is 2. The number of carbonyl (C=O) groups is 1. The lowest BCUT2D eigenvalue weighted by atomic mass is 10.0. The fourth-order valence-electron chi connectivity index (χ4n) is 3.17. The summed E-state index contributed by atoms with van der Waals surface area (Å²) in [5, 5.41) is 0. The number of carbonyl (C=O) groups excluding carboxylic acids is 1. The van der Waals surface area contributed by atoms with Gasteiger partial charge in [-0.15, -0.1) is 0 Å². The molecular weight excluding hydrogens is 290 g/mol. The van der Waals surface area contributed by atoms with Gasteiger partial charge in [-0.3, -0.25) is 9.88 Å². The number of hydrogen-bond acceptors (Lipinski definition) is 3. The van der Waals surface area contributed by atoms with Gasteiger partial charge in [0.2, 0.25) is 0 Å². The Bertz CT molecular complexity index is 624. The number of hydrogen-bond donors (Lipinski definition) is 0. The van der Waals surface area contributed by atoms with Crippen LogP contribution in [0.3, 0.4) is 0 Å². The van der Waals surface area contributed by atoms with E-state index in [-0.39, 0.29) is 12.2 Å². The summed E-state index contributed by atoms with van der Waals surface area (Å²) in [5.41, 5.74) is 2.45. The van der Waals surface area contributed by atoms with Gasteiger partial charge in [0.05, 0.1) is 13.1 Å². The highest BCUT2D eigenvalue weighted by Crippen LogP contribution is 2.37. The van der Waals surface area contributed by atoms with Gasteiger partial charge in [-0.25, -0.2) is 13.6 Å². The zero-order valence-corrected chi connectivity index (χ0v) is 13.1. The molecule has 3 rings (SSSR count). The Kier molecular flexibility index (Phi) is 3.57. The van der Waals surface area contributed by atoms with E-state index in [9.17, 15) is 13.6 Å². The smallest absolute Gasteiger partial charge is 0.410 e. The molecule has 1 aromatic heterocycles. The van der Waals surface area contributed by atoms with Crippen molar-refractivity contribution in [3.05, 3.63) is 28.1 Å².